The highest BCUT2D eigenvalue weighted by Gasteiger charge is 2.17. The highest BCUT2D eigenvalue weighted by molar-refractivity contribution is 5.86. The van der Waals surface area contributed by atoms with Crippen molar-refractivity contribution < 1.29 is 0 Å². The van der Waals surface area contributed by atoms with Crippen LogP contribution in [0, 0.1) is 6.57 Å². The zero-order valence-corrected chi connectivity index (χ0v) is 16.0. The Labute approximate surface area is 172 Å². The summed E-state index contributed by atoms with van der Waals surface area (Å²) < 4.78 is 0. The maximum absolute atomic E-state index is 7.56. The maximum Gasteiger partial charge on any atom is 0.259 e. The van der Waals surface area contributed by atoms with Gasteiger partial charge < -0.3 is 5.73 Å². The van der Waals surface area contributed by atoms with Crippen LogP contribution in [0.3, 0.4) is 0 Å². The molecule has 0 amide bonds. The zero-order valence-electron chi connectivity index (χ0n) is 16.0. The van der Waals surface area contributed by atoms with E-state index in [0.717, 1.165) is 11.1 Å². The van der Waals surface area contributed by atoms with Crippen molar-refractivity contribution in [3.8, 4) is 22.5 Å². The summed E-state index contributed by atoms with van der Waals surface area (Å²) in [5.74, 6) is 0.829. The first-order chi connectivity index (χ1) is 14.7. The molecule has 2 aromatic carbocycles. The second-order valence-electron chi connectivity index (χ2n) is 6.34. The summed E-state index contributed by atoms with van der Waals surface area (Å²) in [7, 11) is 0. The highest BCUT2D eigenvalue weighted by Crippen LogP contribution is 2.40. The van der Waals surface area contributed by atoms with Crippen LogP contribution in [0.4, 0.5) is 23.0 Å². The minimum absolute atomic E-state index is 0.184. The molecular formula is C21H17N9. The lowest BCUT2D eigenvalue weighted by Crippen LogP contribution is -2.03. The monoisotopic (exact) mass is 395 g/mol. The van der Waals surface area contributed by atoms with E-state index >= 15 is 0 Å². The smallest absolute Gasteiger partial charge is 0.259 e. The van der Waals surface area contributed by atoms with E-state index in [-0.39, 0.29) is 11.5 Å². The van der Waals surface area contributed by atoms with Crippen molar-refractivity contribution in [1.82, 2.24) is 20.4 Å². The van der Waals surface area contributed by atoms with Crippen LogP contribution in [0.1, 0.15) is 6.92 Å². The second kappa shape index (κ2) is 8.20. The normalized spacial score (nSPS) is 11.7. The number of aromatic nitrogens is 4. The number of rotatable bonds is 5. The second-order valence-corrected chi connectivity index (χ2v) is 6.34. The lowest BCUT2D eigenvalue weighted by molar-refractivity contribution is 1.06. The molecule has 4 aromatic rings. The minimum atomic E-state index is 0.184. The Bertz CT molecular complexity index is 1260. The third kappa shape index (κ3) is 3.70. The Balaban J connectivity index is 1.78. The van der Waals surface area contributed by atoms with Gasteiger partial charge in [-0.3, -0.25) is 10.2 Å². The molecule has 0 aliphatic heterocycles. The fourth-order valence-electron chi connectivity index (χ4n) is 2.88. The molecule has 9 heteroatoms. The number of nitrogens with one attached hydrogen (secondary N) is 2. The molecule has 30 heavy (non-hydrogen) atoms. The van der Waals surface area contributed by atoms with Crippen LogP contribution in [0.5, 0.6) is 0 Å². The van der Waals surface area contributed by atoms with Crippen molar-refractivity contribution >= 4 is 28.8 Å². The summed E-state index contributed by atoms with van der Waals surface area (Å²) in [6, 6.07) is 19.0. The molecule has 0 unspecified atom stereocenters. The number of aliphatic imine (C=N–C) groups is 1. The van der Waals surface area contributed by atoms with Gasteiger partial charge in [-0.15, -0.1) is 10.2 Å². The predicted molar refractivity (Wildman–Crippen MR) is 115 cm³/mol. The van der Waals surface area contributed by atoms with Crippen molar-refractivity contribution in [3.05, 3.63) is 72.1 Å². The molecule has 0 aliphatic carbocycles. The maximum atomic E-state index is 7.56. The van der Waals surface area contributed by atoms with Gasteiger partial charge in [0.05, 0.1) is 23.8 Å². The number of azo groups is 1. The van der Waals surface area contributed by atoms with E-state index in [1.54, 1.807) is 6.92 Å². The number of nitrogens with zero attached hydrogens (tertiary/aromatic N) is 6. The van der Waals surface area contributed by atoms with E-state index in [1.807, 2.05) is 60.7 Å². The van der Waals surface area contributed by atoms with E-state index in [2.05, 4.69) is 40.5 Å². The number of aromatic amines is 2. The Hall–Kier alpha value is -4.58. The topological polar surface area (TPSA) is 125 Å². The Morgan fingerprint density at radius 1 is 0.867 bits per heavy atom. The summed E-state index contributed by atoms with van der Waals surface area (Å²) in [4.78, 5) is 7.81. The summed E-state index contributed by atoms with van der Waals surface area (Å²) in [6.45, 7) is 9.22. The van der Waals surface area contributed by atoms with Crippen molar-refractivity contribution in [3.63, 3.8) is 0 Å². The number of H-pyrrole nitrogens is 2. The molecule has 0 aliphatic rings. The average molecular weight is 395 g/mol. The number of nitrogens with two attached hydrogens (primary N) is 1. The number of hydrogen-bond donors (Lipinski definition) is 3. The molecule has 0 fully saturated rings. The number of hydrogen-bond acceptors (Lipinski definition) is 5. The SMILES string of the molecule is [C-]#[N+]c1c(N=Nc2c(N=C(C)N)n[nH]c2-c2ccccc2)n[nH]c1-c1ccccc1. The third-order valence-electron chi connectivity index (χ3n) is 4.21. The molecular weight excluding hydrogens is 378 g/mol. The first-order valence-electron chi connectivity index (χ1n) is 9.05. The first kappa shape index (κ1) is 18.8. The molecule has 4 rings (SSSR count). The standard InChI is InChI=1S/C21H17N9/c1-13(22)24-20-19(17(26-28-20)15-11-7-4-8-12-15)27-30-21-18(23-2)16(25-29-21)14-9-5-3-6-10-14/h3-12H,1H3,(H,25,29)(H3,22,24,26,28). The predicted octanol–water partition coefficient (Wildman–Crippen LogP) is 5.44. The van der Waals surface area contributed by atoms with E-state index in [0.29, 0.717) is 28.7 Å². The van der Waals surface area contributed by atoms with Crippen LogP contribution in [-0.4, -0.2) is 26.2 Å². The molecule has 2 heterocycles. The Morgan fingerprint density at radius 3 is 2.03 bits per heavy atom. The summed E-state index contributed by atoms with van der Waals surface area (Å²) in [5.41, 5.74) is 9.36. The van der Waals surface area contributed by atoms with Gasteiger partial charge in [-0.05, 0) is 12.5 Å². The van der Waals surface area contributed by atoms with E-state index in [4.69, 9.17) is 12.3 Å². The third-order valence-corrected chi connectivity index (χ3v) is 4.21. The Kier molecular flexibility index (Phi) is 5.13. The summed E-state index contributed by atoms with van der Waals surface area (Å²) in [5, 5.41) is 22.7. The first-order valence-corrected chi connectivity index (χ1v) is 9.05. The van der Waals surface area contributed by atoms with Crippen molar-refractivity contribution in [2.45, 2.75) is 6.92 Å². The van der Waals surface area contributed by atoms with E-state index < -0.39 is 0 Å². The average Bonchev–Trinajstić information content (AvgIpc) is 3.36. The van der Waals surface area contributed by atoms with Crippen molar-refractivity contribution in [2.24, 2.45) is 21.0 Å². The molecule has 0 bridgehead atoms. The van der Waals surface area contributed by atoms with Gasteiger partial charge in [0.1, 0.15) is 0 Å². The molecule has 2 aromatic heterocycles. The summed E-state index contributed by atoms with van der Waals surface area (Å²) >= 11 is 0. The minimum Gasteiger partial charge on any atom is -0.387 e. The fraction of sp³-hybridized carbons (Fsp3) is 0.0476. The highest BCUT2D eigenvalue weighted by atomic mass is 15.3. The quantitative estimate of drug-likeness (QED) is 0.180. The number of amidine groups is 1. The lowest BCUT2D eigenvalue weighted by Gasteiger charge is -1.99. The largest absolute Gasteiger partial charge is 0.387 e. The lowest BCUT2D eigenvalue weighted by atomic mass is 10.1. The van der Waals surface area contributed by atoms with E-state index in [9.17, 15) is 0 Å². The fourth-order valence-corrected chi connectivity index (χ4v) is 2.88. The van der Waals surface area contributed by atoms with Gasteiger partial charge in [-0.2, -0.15) is 10.2 Å². The molecule has 4 N–H and O–H groups in total. The van der Waals surface area contributed by atoms with E-state index in [1.165, 1.54) is 0 Å². The van der Waals surface area contributed by atoms with Gasteiger partial charge in [0.15, 0.2) is 5.69 Å². The number of benzene rings is 2. The molecule has 0 saturated heterocycles. The van der Waals surface area contributed by atoms with Crippen LogP contribution in [0.15, 0.2) is 75.9 Å². The van der Waals surface area contributed by atoms with Crippen LogP contribution < -0.4 is 5.73 Å². The van der Waals surface area contributed by atoms with Crippen LogP contribution in [-0.2, 0) is 0 Å². The molecule has 0 spiro atoms. The molecule has 0 atom stereocenters. The molecule has 9 nitrogen and oxygen atoms in total. The van der Waals surface area contributed by atoms with Crippen LogP contribution >= 0.6 is 0 Å². The molecule has 146 valence electrons. The van der Waals surface area contributed by atoms with Gasteiger partial charge in [0, 0.05) is 5.56 Å². The van der Waals surface area contributed by atoms with Crippen molar-refractivity contribution in [2.75, 3.05) is 0 Å². The van der Waals surface area contributed by atoms with Gasteiger partial charge in [0.25, 0.3) is 5.69 Å². The van der Waals surface area contributed by atoms with Gasteiger partial charge in [-0.1, -0.05) is 60.7 Å². The van der Waals surface area contributed by atoms with Crippen LogP contribution in [0.2, 0.25) is 0 Å². The molecule has 0 radical (unpaired) electrons. The van der Waals surface area contributed by atoms with Gasteiger partial charge >= 0.3 is 0 Å². The molecule has 0 saturated carbocycles. The van der Waals surface area contributed by atoms with Crippen LogP contribution in [0.25, 0.3) is 27.4 Å². The van der Waals surface area contributed by atoms with Gasteiger partial charge in [-0.25, -0.2) is 9.84 Å². The summed E-state index contributed by atoms with van der Waals surface area (Å²) in [6.07, 6.45) is 0. The van der Waals surface area contributed by atoms with Gasteiger partial charge in [0.2, 0.25) is 11.6 Å². The Morgan fingerprint density at radius 2 is 1.43 bits per heavy atom. The van der Waals surface area contributed by atoms with Crippen molar-refractivity contribution in [1.29, 1.82) is 0 Å². The zero-order chi connectivity index (χ0) is 20.9.